The normalized spacial score (nSPS) is 23.6. The second kappa shape index (κ2) is 8.05. The van der Waals surface area contributed by atoms with Gasteiger partial charge in [0.25, 0.3) is 0 Å². The van der Waals surface area contributed by atoms with Crippen molar-refractivity contribution in [2.45, 2.75) is 25.7 Å². The van der Waals surface area contributed by atoms with Gasteiger partial charge < -0.3 is 20.3 Å². The molecule has 0 aliphatic heterocycles. The number of aliphatic hydroxyl groups excluding tert-OH is 1. The monoisotopic (exact) mass is 259 g/mol. The largest absolute Gasteiger partial charge is 0.481 e. The van der Waals surface area contributed by atoms with Crippen LogP contribution in [0.15, 0.2) is 0 Å². The molecule has 2 atom stereocenters. The van der Waals surface area contributed by atoms with Gasteiger partial charge >= 0.3 is 5.97 Å². The Kier molecular flexibility index (Phi) is 6.67. The van der Waals surface area contributed by atoms with E-state index in [1.807, 2.05) is 0 Å². The third-order valence-electron chi connectivity index (χ3n) is 3.20. The van der Waals surface area contributed by atoms with Gasteiger partial charge in [-0.2, -0.15) is 0 Å². The number of carboxylic acid groups (broad SMARTS) is 1. The third-order valence-corrected chi connectivity index (χ3v) is 3.20. The van der Waals surface area contributed by atoms with E-state index in [0.29, 0.717) is 26.0 Å². The predicted molar refractivity (Wildman–Crippen MR) is 64.0 cm³/mol. The van der Waals surface area contributed by atoms with E-state index in [1.165, 1.54) is 0 Å². The first-order chi connectivity index (χ1) is 8.66. The van der Waals surface area contributed by atoms with Crippen LogP contribution < -0.4 is 5.32 Å². The Bertz CT molecular complexity index is 282. The molecule has 3 N–H and O–H groups in total. The number of aliphatic carboxylic acids is 1. The highest BCUT2D eigenvalue weighted by Crippen LogP contribution is 2.30. The second-order valence-electron chi connectivity index (χ2n) is 4.46. The number of rotatable bonds is 7. The molecule has 1 rings (SSSR count). The zero-order valence-electron chi connectivity index (χ0n) is 10.4. The van der Waals surface area contributed by atoms with Crippen molar-refractivity contribution in [2.75, 3.05) is 26.4 Å². The molecule has 18 heavy (non-hydrogen) atoms. The van der Waals surface area contributed by atoms with E-state index in [9.17, 15) is 9.59 Å². The van der Waals surface area contributed by atoms with Crippen LogP contribution in [0.2, 0.25) is 0 Å². The fraction of sp³-hybridized carbons (Fsp3) is 0.833. The first kappa shape index (κ1) is 14.9. The van der Waals surface area contributed by atoms with Crippen molar-refractivity contribution in [1.82, 2.24) is 5.32 Å². The molecule has 104 valence electrons. The summed E-state index contributed by atoms with van der Waals surface area (Å²) in [5.41, 5.74) is 0. The van der Waals surface area contributed by atoms with Crippen LogP contribution in [0.3, 0.4) is 0 Å². The molecule has 1 amide bonds. The van der Waals surface area contributed by atoms with Crippen LogP contribution in [-0.2, 0) is 14.3 Å². The van der Waals surface area contributed by atoms with E-state index in [4.69, 9.17) is 14.9 Å². The Morgan fingerprint density at radius 1 is 1.17 bits per heavy atom. The Hall–Kier alpha value is -1.14. The minimum absolute atomic E-state index is 0.0440. The molecule has 2 unspecified atom stereocenters. The van der Waals surface area contributed by atoms with Crippen LogP contribution in [0.25, 0.3) is 0 Å². The van der Waals surface area contributed by atoms with Gasteiger partial charge in [-0.05, 0) is 12.8 Å². The lowest BCUT2D eigenvalue weighted by Crippen LogP contribution is -2.40. The van der Waals surface area contributed by atoms with Crippen molar-refractivity contribution in [3.05, 3.63) is 0 Å². The number of carbonyl (C=O) groups is 2. The van der Waals surface area contributed by atoms with Gasteiger partial charge in [0.15, 0.2) is 0 Å². The minimum Gasteiger partial charge on any atom is -0.481 e. The van der Waals surface area contributed by atoms with Crippen molar-refractivity contribution in [2.24, 2.45) is 11.8 Å². The second-order valence-corrected chi connectivity index (χ2v) is 4.46. The van der Waals surface area contributed by atoms with Gasteiger partial charge in [-0.1, -0.05) is 12.8 Å². The summed E-state index contributed by atoms with van der Waals surface area (Å²) in [6.45, 7) is 0.882. The fourth-order valence-corrected chi connectivity index (χ4v) is 2.28. The summed E-state index contributed by atoms with van der Waals surface area (Å²) in [5.74, 6) is -2.06. The van der Waals surface area contributed by atoms with Gasteiger partial charge in [-0.15, -0.1) is 0 Å². The van der Waals surface area contributed by atoms with Crippen LogP contribution in [0, 0.1) is 11.8 Å². The summed E-state index contributed by atoms with van der Waals surface area (Å²) >= 11 is 0. The smallest absolute Gasteiger partial charge is 0.307 e. The zero-order chi connectivity index (χ0) is 13.4. The van der Waals surface area contributed by atoms with Crippen LogP contribution in [-0.4, -0.2) is 48.5 Å². The van der Waals surface area contributed by atoms with E-state index in [1.54, 1.807) is 0 Å². The summed E-state index contributed by atoms with van der Waals surface area (Å²) in [5, 5.41) is 20.3. The molecule has 0 saturated heterocycles. The number of hydrogen-bond acceptors (Lipinski definition) is 4. The molecular weight excluding hydrogens is 238 g/mol. The number of amides is 1. The summed E-state index contributed by atoms with van der Waals surface area (Å²) in [6, 6.07) is 0. The van der Waals surface area contributed by atoms with Crippen LogP contribution >= 0.6 is 0 Å². The van der Waals surface area contributed by atoms with Gasteiger partial charge in [0, 0.05) is 6.54 Å². The lowest BCUT2D eigenvalue weighted by Gasteiger charge is -2.27. The standard InChI is InChI=1S/C12H21NO5/c14-6-8-18-7-5-13-11(15)9-3-1-2-4-10(9)12(16)17/h9-10,14H,1-8H2,(H,13,15)(H,16,17). The SMILES string of the molecule is O=C(O)C1CCCCC1C(=O)NCCOCCO. The van der Waals surface area contributed by atoms with E-state index in [2.05, 4.69) is 5.32 Å². The van der Waals surface area contributed by atoms with Crippen LogP contribution in [0.5, 0.6) is 0 Å². The van der Waals surface area contributed by atoms with Gasteiger partial charge in [0.05, 0.1) is 31.7 Å². The highest BCUT2D eigenvalue weighted by atomic mass is 16.5. The summed E-state index contributed by atoms with van der Waals surface area (Å²) < 4.78 is 5.01. The lowest BCUT2D eigenvalue weighted by atomic mass is 9.79. The van der Waals surface area contributed by atoms with Crippen molar-refractivity contribution >= 4 is 11.9 Å². The van der Waals surface area contributed by atoms with Crippen molar-refractivity contribution in [1.29, 1.82) is 0 Å². The molecule has 6 nitrogen and oxygen atoms in total. The minimum atomic E-state index is -0.883. The van der Waals surface area contributed by atoms with E-state index < -0.39 is 17.8 Å². The molecule has 1 aliphatic carbocycles. The highest BCUT2D eigenvalue weighted by Gasteiger charge is 2.35. The number of carboxylic acids is 1. The van der Waals surface area contributed by atoms with Crippen molar-refractivity contribution in [3.63, 3.8) is 0 Å². The summed E-state index contributed by atoms with van der Waals surface area (Å²) in [4.78, 5) is 22.9. The number of carbonyl (C=O) groups excluding carboxylic acids is 1. The molecule has 0 heterocycles. The van der Waals surface area contributed by atoms with Gasteiger partial charge in [0.2, 0.25) is 5.91 Å². The molecule has 0 spiro atoms. The molecule has 0 radical (unpaired) electrons. The lowest BCUT2D eigenvalue weighted by molar-refractivity contribution is -0.148. The quantitative estimate of drug-likeness (QED) is 0.559. The maximum atomic E-state index is 11.9. The van der Waals surface area contributed by atoms with Crippen LogP contribution in [0.1, 0.15) is 25.7 Å². The molecule has 1 fully saturated rings. The Labute approximate surface area is 106 Å². The highest BCUT2D eigenvalue weighted by molar-refractivity contribution is 5.84. The zero-order valence-corrected chi connectivity index (χ0v) is 10.4. The Balaban J connectivity index is 2.32. The maximum absolute atomic E-state index is 11.9. The van der Waals surface area contributed by atoms with E-state index in [-0.39, 0.29) is 19.1 Å². The number of aliphatic hydroxyl groups is 1. The first-order valence-corrected chi connectivity index (χ1v) is 6.36. The molecule has 6 heteroatoms. The summed E-state index contributed by atoms with van der Waals surface area (Å²) in [7, 11) is 0. The van der Waals surface area contributed by atoms with E-state index >= 15 is 0 Å². The molecule has 0 aromatic heterocycles. The molecule has 0 bridgehead atoms. The number of hydrogen-bond donors (Lipinski definition) is 3. The number of ether oxygens (including phenoxy) is 1. The first-order valence-electron chi connectivity index (χ1n) is 6.36. The van der Waals surface area contributed by atoms with Gasteiger partial charge in [-0.3, -0.25) is 9.59 Å². The average molecular weight is 259 g/mol. The van der Waals surface area contributed by atoms with Gasteiger partial charge in [0.1, 0.15) is 0 Å². The third kappa shape index (κ3) is 4.62. The van der Waals surface area contributed by atoms with Crippen molar-refractivity contribution < 1.29 is 24.5 Å². The molecule has 0 aromatic rings. The fourth-order valence-electron chi connectivity index (χ4n) is 2.28. The predicted octanol–water partition coefficient (Wildman–Crippen LogP) is 0.00250. The summed E-state index contributed by atoms with van der Waals surface area (Å²) in [6.07, 6.45) is 3.00. The van der Waals surface area contributed by atoms with E-state index in [0.717, 1.165) is 12.8 Å². The molecular formula is C12H21NO5. The number of nitrogens with one attached hydrogen (secondary N) is 1. The van der Waals surface area contributed by atoms with Gasteiger partial charge in [-0.25, -0.2) is 0 Å². The molecule has 1 saturated carbocycles. The molecule has 0 aromatic carbocycles. The average Bonchev–Trinajstić information content (AvgIpc) is 2.38. The van der Waals surface area contributed by atoms with Crippen LogP contribution in [0.4, 0.5) is 0 Å². The topological polar surface area (TPSA) is 95.9 Å². The Morgan fingerprint density at radius 2 is 1.83 bits per heavy atom. The molecule has 1 aliphatic rings. The van der Waals surface area contributed by atoms with Crippen molar-refractivity contribution in [3.8, 4) is 0 Å². The maximum Gasteiger partial charge on any atom is 0.307 e. The Morgan fingerprint density at radius 3 is 2.44 bits per heavy atom.